The highest BCUT2D eigenvalue weighted by molar-refractivity contribution is 7.15. The van der Waals surface area contributed by atoms with E-state index < -0.39 is 0 Å². The van der Waals surface area contributed by atoms with Crippen molar-refractivity contribution in [3.63, 3.8) is 0 Å². The molecule has 3 aliphatic rings. The summed E-state index contributed by atoms with van der Waals surface area (Å²) >= 11 is 1.88. The third-order valence-electron chi connectivity index (χ3n) is 7.98. The van der Waals surface area contributed by atoms with E-state index in [0.717, 1.165) is 69.6 Å². The second-order valence-electron chi connectivity index (χ2n) is 10.5. The molecule has 0 atom stereocenters. The number of nitrogens with zero attached hydrogens (tertiary/aromatic N) is 4. The van der Waals surface area contributed by atoms with Gasteiger partial charge < -0.3 is 20.1 Å². The lowest BCUT2D eigenvalue weighted by Gasteiger charge is -2.31. The molecule has 0 unspecified atom stereocenters. The molecule has 2 aliphatic heterocycles. The fraction of sp³-hybridized carbons (Fsp3) is 0.500. The van der Waals surface area contributed by atoms with E-state index in [0.29, 0.717) is 12.6 Å². The Morgan fingerprint density at radius 1 is 1.17 bits per heavy atom. The van der Waals surface area contributed by atoms with Gasteiger partial charge in [-0.15, -0.1) is 11.3 Å². The van der Waals surface area contributed by atoms with Crippen LogP contribution in [0.1, 0.15) is 42.5 Å². The molecule has 36 heavy (non-hydrogen) atoms. The highest BCUT2D eigenvalue weighted by Crippen LogP contribution is 2.34. The number of carbonyl (C=O) groups is 1. The van der Waals surface area contributed by atoms with Crippen LogP contribution in [0.5, 0.6) is 0 Å². The van der Waals surface area contributed by atoms with Crippen molar-refractivity contribution in [2.75, 3.05) is 46.3 Å². The van der Waals surface area contributed by atoms with Crippen LogP contribution < -0.4 is 5.32 Å². The molecule has 1 aliphatic carbocycles. The molecule has 0 radical (unpaired) electrons. The fourth-order valence-electron chi connectivity index (χ4n) is 5.68. The van der Waals surface area contributed by atoms with Crippen LogP contribution in [0.15, 0.2) is 36.7 Å². The number of aromatic amines is 1. The topological polar surface area (TPSA) is 67.5 Å². The molecule has 7 nitrogen and oxygen atoms in total. The Morgan fingerprint density at radius 3 is 2.78 bits per heavy atom. The monoisotopic (exact) mass is 504 g/mol. The van der Waals surface area contributed by atoms with Crippen LogP contribution in [0.2, 0.25) is 0 Å². The molecule has 1 saturated heterocycles. The molecule has 0 bridgehead atoms. The summed E-state index contributed by atoms with van der Waals surface area (Å²) in [5.74, 6) is 0. The summed E-state index contributed by atoms with van der Waals surface area (Å²) in [5, 5.41) is 4.38. The van der Waals surface area contributed by atoms with Crippen molar-refractivity contribution < 1.29 is 4.79 Å². The zero-order chi connectivity index (χ0) is 24.5. The van der Waals surface area contributed by atoms with E-state index in [4.69, 9.17) is 4.98 Å². The van der Waals surface area contributed by atoms with Gasteiger partial charge in [0.1, 0.15) is 5.65 Å². The summed E-state index contributed by atoms with van der Waals surface area (Å²) in [4.78, 5) is 30.3. The number of likely N-dealkylation sites (N-methyl/N-ethyl adjacent to an activating group) is 1. The second-order valence-corrected chi connectivity index (χ2v) is 11.7. The molecule has 3 aromatic heterocycles. The van der Waals surface area contributed by atoms with Gasteiger partial charge in [-0.2, -0.15) is 0 Å². The van der Waals surface area contributed by atoms with Crippen LogP contribution in [0, 0.1) is 0 Å². The maximum atomic E-state index is 12.7. The Hall–Kier alpha value is -2.68. The third-order valence-corrected chi connectivity index (χ3v) is 9.10. The zero-order valence-electron chi connectivity index (χ0n) is 21.1. The van der Waals surface area contributed by atoms with Gasteiger partial charge in [0.25, 0.3) is 0 Å². The van der Waals surface area contributed by atoms with Crippen molar-refractivity contribution in [2.24, 2.45) is 0 Å². The summed E-state index contributed by atoms with van der Waals surface area (Å²) in [6.07, 6.45) is 11.8. The normalized spacial score (nSPS) is 20.2. The Morgan fingerprint density at radius 2 is 2.00 bits per heavy atom. The van der Waals surface area contributed by atoms with E-state index in [1.54, 1.807) is 0 Å². The summed E-state index contributed by atoms with van der Waals surface area (Å²) in [5.41, 5.74) is 4.61. The van der Waals surface area contributed by atoms with Gasteiger partial charge in [0.15, 0.2) is 0 Å². The van der Waals surface area contributed by atoms with E-state index in [1.165, 1.54) is 39.3 Å². The van der Waals surface area contributed by atoms with Crippen LogP contribution in [-0.2, 0) is 6.54 Å². The SMILES string of the molecule is CN1CCN(Cc2ccc(-c3cnc4[nH]cc(C5=CCN(C(=O)NC6CCCC6)CC5)c4c3)s2)CC1. The van der Waals surface area contributed by atoms with Crippen LogP contribution in [0.25, 0.3) is 27.0 Å². The number of aromatic nitrogens is 2. The van der Waals surface area contributed by atoms with Crippen molar-refractivity contribution in [1.29, 1.82) is 0 Å². The first-order valence-corrected chi connectivity index (χ1v) is 14.2. The zero-order valence-corrected chi connectivity index (χ0v) is 21.9. The Bertz CT molecular complexity index is 1250. The summed E-state index contributed by atoms with van der Waals surface area (Å²) < 4.78 is 0. The number of hydrogen-bond acceptors (Lipinski definition) is 5. The van der Waals surface area contributed by atoms with Gasteiger partial charge >= 0.3 is 6.03 Å². The van der Waals surface area contributed by atoms with Crippen molar-refractivity contribution in [1.82, 2.24) is 30.0 Å². The number of nitrogens with one attached hydrogen (secondary N) is 2. The highest BCUT2D eigenvalue weighted by Gasteiger charge is 2.23. The molecule has 190 valence electrons. The number of hydrogen-bond donors (Lipinski definition) is 2. The lowest BCUT2D eigenvalue weighted by Crippen LogP contribution is -2.45. The van der Waals surface area contributed by atoms with Crippen molar-refractivity contribution >= 4 is 34.0 Å². The first kappa shape index (κ1) is 23.7. The summed E-state index contributed by atoms with van der Waals surface area (Å²) in [6.45, 7) is 7.01. The Kier molecular flexibility index (Phi) is 6.82. The molecule has 0 spiro atoms. The predicted octanol–water partition coefficient (Wildman–Crippen LogP) is 4.78. The number of pyridine rings is 1. The second kappa shape index (κ2) is 10.4. The van der Waals surface area contributed by atoms with E-state index in [1.807, 2.05) is 22.4 Å². The Labute approximate surface area is 217 Å². The van der Waals surface area contributed by atoms with Crippen LogP contribution >= 0.6 is 11.3 Å². The van der Waals surface area contributed by atoms with E-state index in [9.17, 15) is 4.79 Å². The van der Waals surface area contributed by atoms with Gasteiger partial charge in [0.2, 0.25) is 0 Å². The number of urea groups is 1. The lowest BCUT2D eigenvalue weighted by atomic mass is 9.99. The number of rotatable bonds is 5. The number of piperazine rings is 1. The summed E-state index contributed by atoms with van der Waals surface area (Å²) in [6, 6.07) is 7.24. The van der Waals surface area contributed by atoms with Gasteiger partial charge in [0, 0.05) is 90.5 Å². The van der Waals surface area contributed by atoms with Gasteiger partial charge in [0.05, 0.1) is 0 Å². The van der Waals surface area contributed by atoms with E-state index in [-0.39, 0.29) is 6.03 Å². The molecule has 2 fully saturated rings. The molecule has 2 amide bonds. The smallest absolute Gasteiger partial charge is 0.317 e. The number of amides is 2. The number of thiophene rings is 1. The van der Waals surface area contributed by atoms with Crippen molar-refractivity contribution in [3.8, 4) is 10.4 Å². The maximum Gasteiger partial charge on any atom is 0.317 e. The van der Waals surface area contributed by atoms with Crippen LogP contribution in [0.3, 0.4) is 0 Å². The molecule has 1 saturated carbocycles. The minimum Gasteiger partial charge on any atom is -0.346 e. The molecule has 6 rings (SSSR count). The minimum absolute atomic E-state index is 0.0881. The largest absolute Gasteiger partial charge is 0.346 e. The highest BCUT2D eigenvalue weighted by atomic mass is 32.1. The average Bonchev–Trinajstić information content (AvgIpc) is 3.67. The molecule has 3 aromatic rings. The summed E-state index contributed by atoms with van der Waals surface area (Å²) in [7, 11) is 2.20. The van der Waals surface area contributed by atoms with Gasteiger partial charge in [-0.3, -0.25) is 4.90 Å². The molecular weight excluding hydrogens is 468 g/mol. The third kappa shape index (κ3) is 5.08. The maximum absolute atomic E-state index is 12.7. The lowest BCUT2D eigenvalue weighted by molar-refractivity contribution is 0.149. The van der Waals surface area contributed by atoms with Gasteiger partial charge in [-0.25, -0.2) is 9.78 Å². The number of carbonyl (C=O) groups excluding carboxylic acids is 1. The Balaban J connectivity index is 1.15. The standard InChI is InChI=1S/C28H36N6OS/c1-32-12-14-33(15-13-32)19-23-6-7-26(36-23)21-16-24-25(18-30-27(24)29-17-21)20-8-10-34(11-9-20)28(35)31-22-4-2-3-5-22/h6-8,16-18,22H,2-5,9-15,19H2,1H3,(H,29,30)(H,31,35). The van der Waals surface area contributed by atoms with Crippen molar-refractivity contribution in [2.45, 2.75) is 44.7 Å². The van der Waals surface area contributed by atoms with E-state index >= 15 is 0 Å². The molecule has 0 aromatic carbocycles. The molecule has 8 heteroatoms. The first-order valence-electron chi connectivity index (χ1n) is 13.3. The van der Waals surface area contributed by atoms with Gasteiger partial charge in [-0.05, 0) is 50.1 Å². The number of H-pyrrole nitrogens is 1. The van der Waals surface area contributed by atoms with Crippen LogP contribution in [-0.4, -0.2) is 83.1 Å². The fourth-order valence-corrected chi connectivity index (χ4v) is 6.71. The predicted molar refractivity (Wildman–Crippen MR) is 147 cm³/mol. The van der Waals surface area contributed by atoms with Gasteiger partial charge in [-0.1, -0.05) is 18.9 Å². The van der Waals surface area contributed by atoms with Crippen LogP contribution in [0.4, 0.5) is 4.79 Å². The minimum atomic E-state index is 0.0881. The molecule has 2 N–H and O–H groups in total. The van der Waals surface area contributed by atoms with Crippen molar-refractivity contribution in [3.05, 3.63) is 47.1 Å². The molecular formula is C28H36N6OS. The quantitative estimate of drug-likeness (QED) is 0.525. The molecule has 5 heterocycles. The first-order chi connectivity index (χ1) is 17.6. The average molecular weight is 505 g/mol. The number of fused-ring (bicyclic) bond motifs is 1. The van der Waals surface area contributed by atoms with E-state index in [2.05, 4.69) is 57.6 Å².